The van der Waals surface area contributed by atoms with Crippen LogP contribution >= 0.6 is 0 Å². The summed E-state index contributed by atoms with van der Waals surface area (Å²) in [4.78, 5) is 0. The first-order chi connectivity index (χ1) is 6.92. The van der Waals surface area contributed by atoms with E-state index in [0.717, 1.165) is 12.3 Å². The summed E-state index contributed by atoms with van der Waals surface area (Å²) < 4.78 is 5.45. The number of rotatable bonds is 3. The maximum atomic E-state index is 5.45. The molecule has 1 aromatic heterocycles. The molecule has 1 aliphatic rings. The molecule has 0 saturated heterocycles. The molecule has 0 bridgehead atoms. The molecule has 1 N–H and O–H groups in total. The van der Waals surface area contributed by atoms with Crippen LogP contribution in [0.3, 0.4) is 0 Å². The molecule has 0 atom stereocenters. The van der Waals surface area contributed by atoms with Crippen LogP contribution in [0.2, 0.25) is 0 Å². The molecular weight excluding hydrogens is 174 g/mol. The Labute approximate surface area is 85.0 Å². The molecule has 1 aliphatic carbocycles. The van der Waals surface area contributed by atoms with Crippen LogP contribution in [0.15, 0.2) is 22.8 Å². The second-order valence-corrected chi connectivity index (χ2v) is 3.76. The van der Waals surface area contributed by atoms with Gasteiger partial charge in [0.2, 0.25) is 0 Å². The zero-order valence-electron chi connectivity index (χ0n) is 8.68. The Hall–Kier alpha value is -1.02. The molecule has 0 aromatic carbocycles. The van der Waals surface area contributed by atoms with Crippen LogP contribution in [0, 0.1) is 0 Å². The summed E-state index contributed by atoms with van der Waals surface area (Å²) in [5, 5.41) is 3.13. The fourth-order valence-corrected chi connectivity index (χ4v) is 2.01. The van der Waals surface area contributed by atoms with Crippen molar-refractivity contribution in [3.63, 3.8) is 0 Å². The van der Waals surface area contributed by atoms with Gasteiger partial charge in [0.05, 0.1) is 12.8 Å². The maximum Gasteiger partial charge on any atom is 0.124 e. The Kier molecular flexibility index (Phi) is 3.04. The summed E-state index contributed by atoms with van der Waals surface area (Å²) >= 11 is 0. The van der Waals surface area contributed by atoms with Gasteiger partial charge >= 0.3 is 0 Å². The van der Waals surface area contributed by atoms with Gasteiger partial charge in [0.25, 0.3) is 0 Å². The number of allylic oxidation sites excluding steroid dienone is 2. The summed E-state index contributed by atoms with van der Waals surface area (Å²) in [6.07, 6.45) is 9.22. The topological polar surface area (TPSA) is 25.2 Å². The Morgan fingerprint density at radius 1 is 1.43 bits per heavy atom. The first-order valence-electron chi connectivity index (χ1n) is 5.32. The standard InChI is InChI=1S/C12H17NO/c1-13-9-12-11(7-8-14-12)10-5-3-2-4-6-10/h5,7-8,13H,2-4,6,9H2,1H3. The molecule has 14 heavy (non-hydrogen) atoms. The van der Waals surface area contributed by atoms with Crippen molar-refractivity contribution < 1.29 is 4.42 Å². The van der Waals surface area contributed by atoms with Gasteiger partial charge in [0, 0.05) is 5.56 Å². The van der Waals surface area contributed by atoms with Crippen molar-refractivity contribution in [3.8, 4) is 0 Å². The fraction of sp³-hybridized carbons (Fsp3) is 0.500. The fourth-order valence-electron chi connectivity index (χ4n) is 2.01. The SMILES string of the molecule is CNCc1occc1C1=CCCCC1. The smallest absolute Gasteiger partial charge is 0.124 e. The molecule has 0 spiro atoms. The number of hydrogen-bond acceptors (Lipinski definition) is 2. The third-order valence-corrected chi connectivity index (χ3v) is 2.72. The molecule has 76 valence electrons. The zero-order valence-corrected chi connectivity index (χ0v) is 8.68. The van der Waals surface area contributed by atoms with Crippen LogP contribution in [-0.2, 0) is 6.54 Å². The summed E-state index contributed by atoms with van der Waals surface area (Å²) in [6.45, 7) is 0.819. The van der Waals surface area contributed by atoms with Gasteiger partial charge in [-0.05, 0) is 44.4 Å². The van der Waals surface area contributed by atoms with E-state index in [0.29, 0.717) is 0 Å². The molecule has 2 nitrogen and oxygen atoms in total. The van der Waals surface area contributed by atoms with Gasteiger partial charge in [-0.3, -0.25) is 0 Å². The van der Waals surface area contributed by atoms with Crippen molar-refractivity contribution in [1.82, 2.24) is 5.32 Å². The largest absolute Gasteiger partial charge is 0.467 e. The van der Waals surface area contributed by atoms with Crippen LogP contribution in [0.1, 0.15) is 37.0 Å². The van der Waals surface area contributed by atoms with E-state index in [1.165, 1.54) is 36.8 Å². The lowest BCUT2D eigenvalue weighted by atomic mass is 9.94. The summed E-state index contributed by atoms with van der Waals surface area (Å²) in [6, 6.07) is 2.09. The lowest BCUT2D eigenvalue weighted by Gasteiger charge is -2.12. The summed E-state index contributed by atoms with van der Waals surface area (Å²) in [5.74, 6) is 1.07. The third-order valence-electron chi connectivity index (χ3n) is 2.72. The molecule has 2 heteroatoms. The van der Waals surface area contributed by atoms with E-state index in [4.69, 9.17) is 4.42 Å². The Bertz CT molecular complexity index is 325. The molecule has 2 rings (SSSR count). The number of hydrogen-bond donors (Lipinski definition) is 1. The highest BCUT2D eigenvalue weighted by Gasteiger charge is 2.12. The highest BCUT2D eigenvalue weighted by atomic mass is 16.3. The average Bonchev–Trinajstić information content (AvgIpc) is 2.68. The normalized spacial score (nSPS) is 16.8. The molecule has 0 fully saturated rings. The monoisotopic (exact) mass is 191 g/mol. The van der Waals surface area contributed by atoms with Gasteiger partial charge in [-0.25, -0.2) is 0 Å². The minimum Gasteiger partial charge on any atom is -0.467 e. The van der Waals surface area contributed by atoms with E-state index in [9.17, 15) is 0 Å². The third kappa shape index (κ3) is 1.90. The molecule has 0 radical (unpaired) electrons. The van der Waals surface area contributed by atoms with E-state index >= 15 is 0 Å². The maximum absolute atomic E-state index is 5.45. The first kappa shape index (κ1) is 9.53. The zero-order chi connectivity index (χ0) is 9.80. The number of nitrogens with one attached hydrogen (secondary N) is 1. The quantitative estimate of drug-likeness (QED) is 0.794. The van der Waals surface area contributed by atoms with Gasteiger partial charge in [0.1, 0.15) is 5.76 Å². The van der Waals surface area contributed by atoms with E-state index in [1.807, 2.05) is 7.05 Å². The Balaban J connectivity index is 2.21. The van der Waals surface area contributed by atoms with Crippen LogP contribution < -0.4 is 5.32 Å². The van der Waals surface area contributed by atoms with Gasteiger partial charge in [-0.2, -0.15) is 0 Å². The van der Waals surface area contributed by atoms with Crippen LogP contribution in [0.4, 0.5) is 0 Å². The highest BCUT2D eigenvalue weighted by Crippen LogP contribution is 2.29. The molecular formula is C12H17NO. The van der Waals surface area contributed by atoms with Crippen LogP contribution in [0.5, 0.6) is 0 Å². The molecule has 0 aliphatic heterocycles. The van der Waals surface area contributed by atoms with E-state index in [-0.39, 0.29) is 0 Å². The Morgan fingerprint density at radius 3 is 3.07 bits per heavy atom. The van der Waals surface area contributed by atoms with Crippen LogP contribution in [-0.4, -0.2) is 7.05 Å². The molecule has 0 amide bonds. The predicted molar refractivity (Wildman–Crippen MR) is 57.9 cm³/mol. The van der Waals surface area contributed by atoms with Crippen LogP contribution in [0.25, 0.3) is 5.57 Å². The predicted octanol–water partition coefficient (Wildman–Crippen LogP) is 2.96. The van der Waals surface area contributed by atoms with E-state index < -0.39 is 0 Å². The molecule has 1 aromatic rings. The summed E-state index contributed by atoms with van der Waals surface area (Å²) in [5.41, 5.74) is 2.77. The molecule has 1 heterocycles. The Morgan fingerprint density at radius 2 is 2.36 bits per heavy atom. The lowest BCUT2D eigenvalue weighted by Crippen LogP contribution is -2.06. The summed E-state index contributed by atoms with van der Waals surface area (Å²) in [7, 11) is 1.95. The minimum atomic E-state index is 0.819. The average molecular weight is 191 g/mol. The molecule has 0 saturated carbocycles. The van der Waals surface area contributed by atoms with E-state index in [2.05, 4.69) is 17.5 Å². The van der Waals surface area contributed by atoms with E-state index in [1.54, 1.807) is 6.26 Å². The molecule has 0 unspecified atom stereocenters. The minimum absolute atomic E-state index is 0.819. The van der Waals surface area contributed by atoms with Crippen molar-refractivity contribution in [3.05, 3.63) is 29.7 Å². The van der Waals surface area contributed by atoms with Crippen molar-refractivity contribution in [2.24, 2.45) is 0 Å². The van der Waals surface area contributed by atoms with Crippen molar-refractivity contribution in [2.75, 3.05) is 7.05 Å². The van der Waals surface area contributed by atoms with Crippen molar-refractivity contribution in [1.29, 1.82) is 0 Å². The van der Waals surface area contributed by atoms with Gasteiger partial charge in [-0.1, -0.05) is 6.08 Å². The van der Waals surface area contributed by atoms with Gasteiger partial charge < -0.3 is 9.73 Å². The second kappa shape index (κ2) is 4.47. The lowest BCUT2D eigenvalue weighted by molar-refractivity contribution is 0.494. The van der Waals surface area contributed by atoms with Gasteiger partial charge in [-0.15, -0.1) is 0 Å². The highest BCUT2D eigenvalue weighted by molar-refractivity contribution is 5.67. The number of furan rings is 1. The second-order valence-electron chi connectivity index (χ2n) is 3.76. The van der Waals surface area contributed by atoms with Gasteiger partial charge in [0.15, 0.2) is 0 Å². The van der Waals surface area contributed by atoms with Crippen molar-refractivity contribution in [2.45, 2.75) is 32.2 Å². The van der Waals surface area contributed by atoms with Crippen molar-refractivity contribution >= 4 is 5.57 Å². The first-order valence-corrected chi connectivity index (χ1v) is 5.32.